The quantitative estimate of drug-likeness (QED) is 0.239. The van der Waals surface area contributed by atoms with Gasteiger partial charge in [0.25, 0.3) is 0 Å². The molecule has 0 radical (unpaired) electrons. The van der Waals surface area contributed by atoms with Crippen LogP contribution in [0.25, 0.3) is 0 Å². The second-order valence-electron chi connectivity index (χ2n) is 5.98. The lowest BCUT2D eigenvalue weighted by atomic mass is 9.85. The molecule has 2 rings (SSSR count). The topological polar surface area (TPSA) is 44.8 Å². The molecule has 138 valence electrons. The minimum atomic E-state index is -0.463. The van der Waals surface area contributed by atoms with E-state index in [0.717, 1.165) is 37.5 Å². The highest BCUT2D eigenvalue weighted by Crippen LogP contribution is 2.32. The summed E-state index contributed by atoms with van der Waals surface area (Å²) in [5.74, 6) is 0.0360. The van der Waals surface area contributed by atoms with E-state index in [1.807, 2.05) is 24.3 Å². The Morgan fingerprint density at radius 2 is 1.81 bits per heavy atom. The lowest BCUT2D eigenvalue weighted by Gasteiger charge is -2.30. The maximum Gasteiger partial charge on any atom is 0.335 e. The van der Waals surface area contributed by atoms with E-state index in [-0.39, 0.29) is 6.10 Å². The van der Waals surface area contributed by atoms with Gasteiger partial charge >= 0.3 is 5.97 Å². The zero-order valence-electron chi connectivity index (χ0n) is 15.1. The van der Waals surface area contributed by atoms with Gasteiger partial charge in [0, 0.05) is 25.7 Å². The van der Waals surface area contributed by atoms with Crippen LogP contribution in [0.2, 0.25) is 0 Å². The lowest BCUT2D eigenvalue weighted by Crippen LogP contribution is -2.26. The van der Waals surface area contributed by atoms with Crippen molar-refractivity contribution >= 4 is 5.97 Å². The first-order valence-corrected chi connectivity index (χ1v) is 8.78. The third-order valence-corrected chi connectivity index (χ3v) is 4.17. The first-order chi connectivity index (χ1) is 12.7. The molecule has 0 amide bonds. The fourth-order valence-corrected chi connectivity index (χ4v) is 2.65. The molecule has 4 nitrogen and oxygen atoms in total. The number of ether oxygens (including phenoxy) is 3. The molecule has 0 aliphatic heterocycles. The molecule has 26 heavy (non-hydrogen) atoms. The van der Waals surface area contributed by atoms with Crippen LogP contribution in [0.4, 0.5) is 0 Å². The number of benzene rings is 1. The van der Waals surface area contributed by atoms with Gasteiger partial charge in [-0.15, -0.1) is 0 Å². The third-order valence-electron chi connectivity index (χ3n) is 4.17. The molecule has 1 aliphatic rings. The number of hydrogen-bond donors (Lipinski definition) is 0. The van der Waals surface area contributed by atoms with Crippen LogP contribution in [0.5, 0.6) is 5.75 Å². The van der Waals surface area contributed by atoms with Gasteiger partial charge in [0.2, 0.25) is 0 Å². The maximum absolute atomic E-state index is 11.1. The Bertz CT molecular complexity index is 670. The maximum atomic E-state index is 11.1. The normalized spacial score (nSPS) is 15.9. The zero-order valence-corrected chi connectivity index (χ0v) is 15.1. The average molecular weight is 354 g/mol. The molecule has 0 saturated heterocycles. The first-order valence-electron chi connectivity index (χ1n) is 8.78. The molecule has 0 bridgehead atoms. The van der Waals surface area contributed by atoms with Gasteiger partial charge < -0.3 is 14.2 Å². The fraction of sp³-hybridized carbons (Fsp3) is 0.318. The van der Waals surface area contributed by atoms with Gasteiger partial charge in [-0.3, -0.25) is 0 Å². The molecule has 1 aromatic carbocycles. The second-order valence-corrected chi connectivity index (χ2v) is 5.98. The summed E-state index contributed by atoms with van der Waals surface area (Å²) in [5.41, 5.74) is 3.43. The highest BCUT2D eigenvalue weighted by Gasteiger charge is 2.25. The van der Waals surface area contributed by atoms with Crippen molar-refractivity contribution in [2.75, 3.05) is 13.2 Å². The SMILES string of the molecule is C=CC(=O)Oc1ccc(COCCCCOC2CC(C=C)=C2C=C)cc1. The Hall–Kier alpha value is -2.43. The van der Waals surface area contributed by atoms with Crippen molar-refractivity contribution in [3.05, 3.63) is 78.9 Å². The van der Waals surface area contributed by atoms with Crippen LogP contribution in [-0.2, 0) is 20.9 Å². The molecule has 1 unspecified atom stereocenters. The summed E-state index contributed by atoms with van der Waals surface area (Å²) in [6, 6.07) is 7.25. The van der Waals surface area contributed by atoms with Crippen molar-refractivity contribution < 1.29 is 19.0 Å². The molecule has 4 heteroatoms. The van der Waals surface area contributed by atoms with Crippen molar-refractivity contribution in [1.29, 1.82) is 0 Å². The number of hydrogen-bond acceptors (Lipinski definition) is 4. The summed E-state index contributed by atoms with van der Waals surface area (Å²) < 4.78 is 16.5. The molecular formula is C22H26O4. The third kappa shape index (κ3) is 5.83. The Morgan fingerprint density at radius 3 is 2.46 bits per heavy atom. The summed E-state index contributed by atoms with van der Waals surface area (Å²) in [7, 11) is 0. The molecule has 0 spiro atoms. The minimum Gasteiger partial charge on any atom is -0.423 e. The Morgan fingerprint density at radius 1 is 1.08 bits per heavy atom. The zero-order chi connectivity index (χ0) is 18.8. The molecule has 0 saturated carbocycles. The van der Waals surface area contributed by atoms with E-state index >= 15 is 0 Å². The number of rotatable bonds is 12. The standard InChI is InChI=1S/C22H26O4/c1-4-18-15-21(20(18)5-2)25-14-8-7-13-24-16-17-9-11-19(12-10-17)26-22(23)6-3/h4-6,9-12,21H,1-3,7-8,13-16H2. The largest absolute Gasteiger partial charge is 0.423 e. The van der Waals surface area contributed by atoms with E-state index < -0.39 is 5.97 Å². The van der Waals surface area contributed by atoms with Gasteiger partial charge in [-0.2, -0.15) is 0 Å². The predicted octanol–water partition coefficient (Wildman–Crippen LogP) is 4.53. The van der Waals surface area contributed by atoms with E-state index in [4.69, 9.17) is 14.2 Å². The van der Waals surface area contributed by atoms with Crippen molar-refractivity contribution in [3.8, 4) is 5.75 Å². The Labute approximate surface area is 155 Å². The van der Waals surface area contributed by atoms with Crippen molar-refractivity contribution in [2.24, 2.45) is 0 Å². The average Bonchev–Trinajstić information content (AvgIpc) is 2.64. The van der Waals surface area contributed by atoms with Gasteiger partial charge in [-0.05, 0) is 41.7 Å². The molecule has 0 aromatic heterocycles. The number of carbonyl (C=O) groups is 1. The number of unbranched alkanes of at least 4 members (excludes halogenated alkanes) is 1. The van der Waals surface area contributed by atoms with Crippen molar-refractivity contribution in [1.82, 2.24) is 0 Å². The molecule has 1 atom stereocenters. The highest BCUT2D eigenvalue weighted by molar-refractivity contribution is 5.83. The van der Waals surface area contributed by atoms with E-state index in [1.54, 1.807) is 12.1 Å². The Kier molecular flexibility index (Phi) is 8.06. The molecule has 0 fully saturated rings. The second kappa shape index (κ2) is 10.5. The van der Waals surface area contributed by atoms with E-state index in [2.05, 4.69) is 19.7 Å². The summed E-state index contributed by atoms with van der Waals surface area (Å²) in [5, 5.41) is 0. The van der Waals surface area contributed by atoms with Crippen LogP contribution in [-0.4, -0.2) is 25.3 Å². The highest BCUT2D eigenvalue weighted by atomic mass is 16.5. The van der Waals surface area contributed by atoms with Crippen LogP contribution >= 0.6 is 0 Å². The van der Waals surface area contributed by atoms with Crippen LogP contribution in [0.3, 0.4) is 0 Å². The van der Waals surface area contributed by atoms with Crippen LogP contribution in [0, 0.1) is 0 Å². The predicted molar refractivity (Wildman–Crippen MR) is 103 cm³/mol. The summed E-state index contributed by atoms with van der Waals surface area (Å²) in [6.45, 7) is 12.9. The first kappa shape index (κ1) is 19.9. The van der Waals surface area contributed by atoms with Crippen LogP contribution in [0.1, 0.15) is 24.8 Å². The van der Waals surface area contributed by atoms with E-state index in [1.165, 1.54) is 11.1 Å². The number of carbonyl (C=O) groups excluding carboxylic acids is 1. The van der Waals surface area contributed by atoms with Gasteiger partial charge in [0.05, 0.1) is 12.7 Å². The molecule has 0 N–H and O–H groups in total. The molecular weight excluding hydrogens is 328 g/mol. The summed E-state index contributed by atoms with van der Waals surface area (Å²) >= 11 is 0. The number of allylic oxidation sites excluding steroid dienone is 1. The van der Waals surface area contributed by atoms with Gasteiger partial charge in [0.15, 0.2) is 0 Å². The van der Waals surface area contributed by atoms with Gasteiger partial charge in [0.1, 0.15) is 5.75 Å². The van der Waals surface area contributed by atoms with Crippen LogP contribution < -0.4 is 4.74 Å². The number of esters is 1. The van der Waals surface area contributed by atoms with Crippen LogP contribution in [0.15, 0.2) is 73.4 Å². The molecule has 0 heterocycles. The monoisotopic (exact) mass is 354 g/mol. The fourth-order valence-electron chi connectivity index (χ4n) is 2.65. The lowest BCUT2D eigenvalue weighted by molar-refractivity contribution is -0.128. The smallest absolute Gasteiger partial charge is 0.335 e. The van der Waals surface area contributed by atoms with Crippen molar-refractivity contribution in [3.63, 3.8) is 0 Å². The Balaban J connectivity index is 1.55. The van der Waals surface area contributed by atoms with Gasteiger partial charge in [-0.25, -0.2) is 4.79 Å². The molecule has 1 aromatic rings. The van der Waals surface area contributed by atoms with E-state index in [0.29, 0.717) is 19.0 Å². The molecule has 1 aliphatic carbocycles. The summed E-state index contributed by atoms with van der Waals surface area (Å²) in [6.07, 6.45) is 7.88. The van der Waals surface area contributed by atoms with Gasteiger partial charge in [-0.1, -0.05) is 44.0 Å². The van der Waals surface area contributed by atoms with Crippen molar-refractivity contribution in [2.45, 2.75) is 32.0 Å². The van der Waals surface area contributed by atoms with E-state index in [9.17, 15) is 4.79 Å². The summed E-state index contributed by atoms with van der Waals surface area (Å²) in [4.78, 5) is 11.1. The minimum absolute atomic E-state index is 0.176.